The number of aliphatic imine (C=N–C) groups is 1. The average molecular weight is 254 g/mol. The van der Waals surface area contributed by atoms with E-state index < -0.39 is 11.7 Å². The van der Waals surface area contributed by atoms with E-state index in [0.717, 1.165) is 37.7 Å². The standard InChI is InChI=1S/C13H13F3N2/c14-13(15,16)10-5-3-4-9-8-18-7-2-1-6-11(18)17-12(9)10/h3-5H,1-2,6-8H2. The van der Waals surface area contributed by atoms with Crippen molar-refractivity contribution in [2.75, 3.05) is 6.54 Å². The van der Waals surface area contributed by atoms with Crippen molar-refractivity contribution in [1.29, 1.82) is 0 Å². The van der Waals surface area contributed by atoms with E-state index in [-0.39, 0.29) is 5.69 Å². The fourth-order valence-corrected chi connectivity index (χ4v) is 2.58. The maximum Gasteiger partial charge on any atom is 0.418 e. The Morgan fingerprint density at radius 2 is 2.00 bits per heavy atom. The van der Waals surface area contributed by atoms with Gasteiger partial charge >= 0.3 is 6.18 Å². The molecule has 0 spiro atoms. The maximum atomic E-state index is 12.9. The highest BCUT2D eigenvalue weighted by molar-refractivity contribution is 5.88. The predicted molar refractivity (Wildman–Crippen MR) is 62.8 cm³/mol. The molecule has 96 valence electrons. The number of hydrogen-bond donors (Lipinski definition) is 0. The molecule has 0 N–H and O–H groups in total. The summed E-state index contributed by atoms with van der Waals surface area (Å²) in [7, 11) is 0. The second-order valence-corrected chi connectivity index (χ2v) is 4.72. The zero-order valence-corrected chi connectivity index (χ0v) is 9.80. The molecule has 1 saturated heterocycles. The van der Waals surface area contributed by atoms with E-state index in [1.165, 1.54) is 6.07 Å². The topological polar surface area (TPSA) is 15.6 Å². The van der Waals surface area contributed by atoms with Gasteiger partial charge in [-0.1, -0.05) is 12.1 Å². The van der Waals surface area contributed by atoms with Gasteiger partial charge in [0, 0.05) is 19.5 Å². The Hall–Kier alpha value is -1.52. The summed E-state index contributed by atoms with van der Waals surface area (Å²) in [4.78, 5) is 6.35. The molecule has 3 rings (SSSR count). The van der Waals surface area contributed by atoms with Crippen molar-refractivity contribution in [1.82, 2.24) is 4.90 Å². The lowest BCUT2D eigenvalue weighted by molar-refractivity contribution is -0.137. The van der Waals surface area contributed by atoms with Crippen LogP contribution in [-0.4, -0.2) is 17.3 Å². The van der Waals surface area contributed by atoms with Crippen molar-refractivity contribution < 1.29 is 13.2 Å². The van der Waals surface area contributed by atoms with Crippen molar-refractivity contribution in [2.45, 2.75) is 32.0 Å². The van der Waals surface area contributed by atoms with Gasteiger partial charge in [-0.05, 0) is 24.5 Å². The van der Waals surface area contributed by atoms with Gasteiger partial charge in [-0.3, -0.25) is 0 Å². The van der Waals surface area contributed by atoms with Crippen LogP contribution >= 0.6 is 0 Å². The average Bonchev–Trinajstić information content (AvgIpc) is 2.34. The van der Waals surface area contributed by atoms with Gasteiger partial charge in [0.15, 0.2) is 0 Å². The van der Waals surface area contributed by atoms with Gasteiger partial charge in [-0.2, -0.15) is 13.2 Å². The van der Waals surface area contributed by atoms with Crippen LogP contribution in [0.15, 0.2) is 23.2 Å². The Bertz CT molecular complexity index is 505. The predicted octanol–water partition coefficient (Wildman–Crippen LogP) is 3.73. The molecule has 2 nitrogen and oxygen atoms in total. The Balaban J connectivity index is 2.10. The molecule has 0 aliphatic carbocycles. The van der Waals surface area contributed by atoms with E-state index >= 15 is 0 Å². The molecule has 1 aromatic carbocycles. The summed E-state index contributed by atoms with van der Waals surface area (Å²) in [6.07, 6.45) is -1.44. The lowest BCUT2D eigenvalue weighted by atomic mass is 10.0. The number of nitrogens with zero attached hydrogens (tertiary/aromatic N) is 2. The fraction of sp³-hybridized carbons (Fsp3) is 0.462. The summed E-state index contributed by atoms with van der Waals surface area (Å²) in [5.41, 5.74) is 0.186. The van der Waals surface area contributed by atoms with Crippen LogP contribution in [0.3, 0.4) is 0 Å². The Kier molecular flexibility index (Phi) is 2.57. The summed E-state index contributed by atoms with van der Waals surface area (Å²) in [6.45, 7) is 1.45. The molecule has 0 unspecified atom stereocenters. The van der Waals surface area contributed by atoms with E-state index in [1.54, 1.807) is 6.07 Å². The van der Waals surface area contributed by atoms with E-state index in [1.807, 2.05) is 0 Å². The molecule has 2 heterocycles. The second kappa shape index (κ2) is 4.00. The van der Waals surface area contributed by atoms with E-state index in [0.29, 0.717) is 12.1 Å². The Morgan fingerprint density at radius 1 is 1.17 bits per heavy atom. The van der Waals surface area contributed by atoms with Crippen LogP contribution in [-0.2, 0) is 12.7 Å². The molecule has 2 aliphatic rings. The maximum absolute atomic E-state index is 12.9. The van der Waals surface area contributed by atoms with Gasteiger partial charge in [0.1, 0.15) is 5.84 Å². The van der Waals surface area contributed by atoms with Crippen LogP contribution in [0.4, 0.5) is 18.9 Å². The van der Waals surface area contributed by atoms with Crippen LogP contribution in [0.2, 0.25) is 0 Å². The van der Waals surface area contributed by atoms with Crippen molar-refractivity contribution >= 4 is 11.5 Å². The van der Waals surface area contributed by atoms with Gasteiger partial charge in [-0.15, -0.1) is 0 Å². The fourth-order valence-electron chi connectivity index (χ4n) is 2.58. The van der Waals surface area contributed by atoms with Crippen LogP contribution in [0, 0.1) is 0 Å². The van der Waals surface area contributed by atoms with Crippen LogP contribution in [0.1, 0.15) is 30.4 Å². The number of halogens is 3. The number of piperidine rings is 1. The molecular formula is C13H13F3N2. The van der Waals surface area contributed by atoms with Crippen LogP contribution < -0.4 is 0 Å². The lowest BCUT2D eigenvalue weighted by Gasteiger charge is -2.34. The second-order valence-electron chi connectivity index (χ2n) is 4.72. The minimum Gasteiger partial charge on any atom is -0.356 e. The summed E-state index contributed by atoms with van der Waals surface area (Å²) in [6, 6.07) is 4.31. The summed E-state index contributed by atoms with van der Waals surface area (Å²) in [5, 5.41) is 0. The van der Waals surface area contributed by atoms with Crippen molar-refractivity contribution in [3.05, 3.63) is 29.3 Å². The first kappa shape index (κ1) is 11.6. The smallest absolute Gasteiger partial charge is 0.356 e. The van der Waals surface area contributed by atoms with Gasteiger partial charge in [0.05, 0.1) is 11.3 Å². The third-order valence-corrected chi connectivity index (χ3v) is 3.47. The van der Waals surface area contributed by atoms with Gasteiger partial charge in [-0.25, -0.2) is 4.99 Å². The Morgan fingerprint density at radius 3 is 2.78 bits per heavy atom. The number of benzene rings is 1. The monoisotopic (exact) mass is 254 g/mol. The third kappa shape index (κ3) is 1.87. The number of alkyl halides is 3. The molecule has 1 aromatic rings. The highest BCUT2D eigenvalue weighted by Crippen LogP contribution is 2.41. The number of amidine groups is 1. The van der Waals surface area contributed by atoms with Crippen molar-refractivity contribution in [3.8, 4) is 0 Å². The molecule has 0 radical (unpaired) electrons. The first-order valence-electron chi connectivity index (χ1n) is 6.07. The zero-order chi connectivity index (χ0) is 12.8. The van der Waals surface area contributed by atoms with Gasteiger partial charge in [0.25, 0.3) is 0 Å². The minimum absolute atomic E-state index is 0.123. The molecule has 5 heteroatoms. The van der Waals surface area contributed by atoms with E-state index in [2.05, 4.69) is 9.89 Å². The number of fused-ring (bicyclic) bond motifs is 2. The molecule has 2 aliphatic heterocycles. The highest BCUT2D eigenvalue weighted by atomic mass is 19.4. The molecule has 0 amide bonds. The van der Waals surface area contributed by atoms with E-state index in [9.17, 15) is 13.2 Å². The largest absolute Gasteiger partial charge is 0.418 e. The number of rotatable bonds is 0. The highest BCUT2D eigenvalue weighted by Gasteiger charge is 2.36. The lowest BCUT2D eigenvalue weighted by Crippen LogP contribution is -2.37. The Labute approximate surface area is 103 Å². The summed E-state index contributed by atoms with van der Waals surface area (Å²) in [5.74, 6) is 0.811. The van der Waals surface area contributed by atoms with Crippen molar-refractivity contribution in [2.24, 2.45) is 4.99 Å². The van der Waals surface area contributed by atoms with Gasteiger partial charge < -0.3 is 4.90 Å². The quantitative estimate of drug-likeness (QED) is 0.688. The normalized spacial score (nSPS) is 19.1. The summed E-state index contributed by atoms with van der Waals surface area (Å²) >= 11 is 0. The van der Waals surface area contributed by atoms with Gasteiger partial charge in [0.2, 0.25) is 0 Å². The molecule has 0 aromatic heterocycles. The number of hydrogen-bond acceptors (Lipinski definition) is 2. The molecule has 0 atom stereocenters. The molecule has 0 bridgehead atoms. The minimum atomic E-state index is -4.33. The first-order chi connectivity index (χ1) is 8.55. The first-order valence-corrected chi connectivity index (χ1v) is 6.07. The van der Waals surface area contributed by atoms with Crippen LogP contribution in [0.5, 0.6) is 0 Å². The molecule has 0 saturated carbocycles. The SMILES string of the molecule is FC(F)(F)c1cccc2c1N=C1CCCCN1C2. The molecule has 1 fully saturated rings. The van der Waals surface area contributed by atoms with Crippen molar-refractivity contribution in [3.63, 3.8) is 0 Å². The molecule has 18 heavy (non-hydrogen) atoms. The molecular weight excluding hydrogens is 241 g/mol. The third-order valence-electron chi connectivity index (χ3n) is 3.47. The number of para-hydroxylation sites is 1. The van der Waals surface area contributed by atoms with Crippen LogP contribution in [0.25, 0.3) is 0 Å². The van der Waals surface area contributed by atoms with E-state index in [4.69, 9.17) is 0 Å². The summed E-state index contributed by atoms with van der Waals surface area (Å²) < 4.78 is 38.8. The zero-order valence-electron chi connectivity index (χ0n) is 9.80.